The van der Waals surface area contributed by atoms with Gasteiger partial charge in [0.1, 0.15) is 5.00 Å². The first-order valence-corrected chi connectivity index (χ1v) is 22.3. The second kappa shape index (κ2) is 13.6. The van der Waals surface area contributed by atoms with Crippen LogP contribution >= 0.6 is 11.3 Å². The van der Waals surface area contributed by atoms with Gasteiger partial charge in [-0.2, -0.15) is 0 Å². The Morgan fingerprint density at radius 2 is 1.57 bits per heavy atom. The summed E-state index contributed by atoms with van der Waals surface area (Å²) in [5, 5.41) is 3.67. The third-order valence-corrected chi connectivity index (χ3v) is 15.0. The molecule has 0 saturated carbocycles. The SMILES string of the molecule is CCC1(C)C(c2cccc3c2c2ccccc2n3-c2ccccc2)=Nc2sc3c(c2[C@H]1N1C2=Cc4ccccc4CC2c2ccccc21)C=C(C1=CN(C)CC=C1)C=CC3. The van der Waals surface area contributed by atoms with Crippen molar-refractivity contribution in [2.75, 3.05) is 18.5 Å². The van der Waals surface area contributed by atoms with Crippen molar-refractivity contribution in [2.45, 2.75) is 45.1 Å². The van der Waals surface area contributed by atoms with Crippen LogP contribution in [0.3, 0.4) is 0 Å². The second-order valence-electron chi connectivity index (χ2n) is 17.3. The fraction of sp³-hybridized carbons (Fsp3) is 0.182. The summed E-state index contributed by atoms with van der Waals surface area (Å²) in [6.45, 7) is 5.84. The van der Waals surface area contributed by atoms with Gasteiger partial charge >= 0.3 is 0 Å². The van der Waals surface area contributed by atoms with Gasteiger partial charge in [0, 0.05) is 81.4 Å². The lowest BCUT2D eigenvalue weighted by atomic mass is 9.67. The Kier molecular flexibility index (Phi) is 8.02. The van der Waals surface area contributed by atoms with Crippen LogP contribution < -0.4 is 4.90 Å². The average Bonchev–Trinajstić information content (AvgIpc) is 3.86. The number of para-hydroxylation sites is 3. The maximum atomic E-state index is 5.97. The van der Waals surface area contributed by atoms with Gasteiger partial charge in [0.05, 0.1) is 22.8 Å². The highest BCUT2D eigenvalue weighted by Crippen LogP contribution is 2.62. The number of rotatable bonds is 5. The molecule has 60 heavy (non-hydrogen) atoms. The fourth-order valence-electron chi connectivity index (χ4n) is 10.9. The number of anilines is 1. The van der Waals surface area contributed by atoms with Crippen LogP contribution in [0, 0.1) is 5.41 Å². The highest BCUT2D eigenvalue weighted by atomic mass is 32.1. The molecule has 7 aromatic rings. The van der Waals surface area contributed by atoms with Crippen molar-refractivity contribution in [1.82, 2.24) is 9.47 Å². The van der Waals surface area contributed by atoms with Gasteiger partial charge in [-0.15, -0.1) is 11.3 Å². The molecule has 0 saturated heterocycles. The minimum absolute atomic E-state index is 0.0143. The van der Waals surface area contributed by atoms with E-state index in [0.717, 1.165) is 30.8 Å². The van der Waals surface area contributed by atoms with Crippen LogP contribution in [0.25, 0.3) is 39.6 Å². The van der Waals surface area contributed by atoms with E-state index in [0.29, 0.717) is 0 Å². The molecule has 5 heteroatoms. The van der Waals surface area contributed by atoms with Crippen molar-refractivity contribution in [3.05, 3.63) is 207 Å². The van der Waals surface area contributed by atoms with Gasteiger partial charge in [-0.3, -0.25) is 0 Å². The molecule has 0 fully saturated rings. The van der Waals surface area contributed by atoms with Crippen LogP contribution in [0.5, 0.6) is 0 Å². The Morgan fingerprint density at radius 1 is 0.783 bits per heavy atom. The Hall–Kier alpha value is -6.43. The van der Waals surface area contributed by atoms with Crippen LogP contribution in [0.15, 0.2) is 174 Å². The molecule has 0 N–H and O–H groups in total. The Labute approximate surface area is 356 Å². The minimum atomic E-state index is -0.385. The van der Waals surface area contributed by atoms with Gasteiger partial charge in [-0.05, 0) is 88.7 Å². The molecule has 3 aliphatic heterocycles. The number of fused-ring (bicyclic) bond motifs is 10. The largest absolute Gasteiger partial charge is 0.376 e. The summed E-state index contributed by atoms with van der Waals surface area (Å²) in [5.41, 5.74) is 17.8. The van der Waals surface area contributed by atoms with E-state index >= 15 is 0 Å². The van der Waals surface area contributed by atoms with Gasteiger partial charge in [-0.25, -0.2) is 4.99 Å². The molecule has 0 amide bonds. The van der Waals surface area contributed by atoms with Crippen molar-refractivity contribution in [1.29, 1.82) is 0 Å². The molecule has 292 valence electrons. The van der Waals surface area contributed by atoms with Gasteiger partial charge in [-0.1, -0.05) is 129 Å². The zero-order chi connectivity index (χ0) is 40.1. The zero-order valence-corrected chi connectivity index (χ0v) is 35.1. The molecule has 2 unspecified atom stereocenters. The van der Waals surface area contributed by atoms with Crippen LogP contribution in [-0.2, 0) is 12.8 Å². The van der Waals surface area contributed by atoms with E-state index in [9.17, 15) is 0 Å². The average molecular weight is 795 g/mol. The maximum Gasteiger partial charge on any atom is 0.122 e. The maximum absolute atomic E-state index is 5.97. The lowest BCUT2D eigenvalue weighted by Gasteiger charge is -2.48. The van der Waals surface area contributed by atoms with E-state index in [-0.39, 0.29) is 17.4 Å². The van der Waals surface area contributed by atoms with Crippen molar-refractivity contribution in [3.8, 4) is 5.69 Å². The fourth-order valence-corrected chi connectivity index (χ4v) is 12.1. The van der Waals surface area contributed by atoms with Crippen molar-refractivity contribution in [2.24, 2.45) is 10.4 Å². The highest BCUT2D eigenvalue weighted by molar-refractivity contribution is 7.16. The molecule has 5 heterocycles. The van der Waals surface area contributed by atoms with E-state index in [1.807, 2.05) is 11.3 Å². The molecule has 2 aliphatic carbocycles. The second-order valence-corrected chi connectivity index (χ2v) is 18.3. The van der Waals surface area contributed by atoms with Gasteiger partial charge < -0.3 is 14.4 Å². The van der Waals surface area contributed by atoms with Gasteiger partial charge in [0.15, 0.2) is 0 Å². The number of hydrogen-bond acceptors (Lipinski definition) is 4. The molecule has 2 aromatic heterocycles. The standard InChI is InChI=1S/C55H46N4S/c1-4-55(2)52(42-25-15-28-47-50(42)41-24-11-13-27-46(41)58(47)39-21-6-5-7-22-39)56-54-51(44-32-36(19-14-29-49(44)60-54)38-20-16-30-57(3)34-38)53(55)59-45-26-12-10-23-40(45)43-31-35-17-8-9-18-37(35)33-48(43)59/h5-28,32-34,43,53H,4,29-31H2,1-3H3/t43?,53-,55?/m1/s1. The van der Waals surface area contributed by atoms with E-state index in [1.54, 1.807) is 0 Å². The summed E-state index contributed by atoms with van der Waals surface area (Å²) in [6.07, 6.45) is 19.4. The van der Waals surface area contributed by atoms with Crippen LogP contribution in [0.1, 0.15) is 70.5 Å². The first-order chi connectivity index (χ1) is 29.5. The Balaban J connectivity index is 1.16. The van der Waals surface area contributed by atoms with Crippen molar-refractivity contribution >= 4 is 61.7 Å². The highest BCUT2D eigenvalue weighted by Gasteiger charge is 2.52. The summed E-state index contributed by atoms with van der Waals surface area (Å²) >= 11 is 1.90. The number of aliphatic imine (C=N–C) groups is 1. The summed E-state index contributed by atoms with van der Waals surface area (Å²) in [6, 6.07) is 44.9. The van der Waals surface area contributed by atoms with E-state index < -0.39 is 0 Å². The third kappa shape index (κ3) is 5.18. The molecule has 0 radical (unpaired) electrons. The number of thiophene rings is 1. The Bertz CT molecular complexity index is 3110. The number of aromatic nitrogens is 1. The summed E-state index contributed by atoms with van der Waals surface area (Å²) in [5.74, 6) is 0.285. The first kappa shape index (κ1) is 35.5. The van der Waals surface area contributed by atoms with E-state index in [4.69, 9.17) is 4.99 Å². The molecule has 5 aliphatic rings. The number of allylic oxidation sites excluding steroid dienone is 6. The topological polar surface area (TPSA) is 23.8 Å². The quantitative estimate of drug-likeness (QED) is 0.173. The number of benzene rings is 5. The molecule has 4 nitrogen and oxygen atoms in total. The molecule has 12 rings (SSSR count). The van der Waals surface area contributed by atoms with E-state index in [2.05, 4.69) is 199 Å². The normalized spacial score (nSPS) is 21.4. The van der Waals surface area contributed by atoms with Crippen LogP contribution in [0.4, 0.5) is 10.7 Å². The minimum Gasteiger partial charge on any atom is -0.376 e. The smallest absolute Gasteiger partial charge is 0.122 e. The predicted octanol–water partition coefficient (Wildman–Crippen LogP) is 13.5. The zero-order valence-electron chi connectivity index (χ0n) is 34.3. The lowest BCUT2D eigenvalue weighted by molar-refractivity contribution is 0.348. The summed E-state index contributed by atoms with van der Waals surface area (Å²) < 4.78 is 2.44. The number of nitrogens with zero attached hydrogens (tertiary/aromatic N) is 4. The number of hydrogen-bond donors (Lipinski definition) is 0. The lowest BCUT2D eigenvalue weighted by Crippen LogP contribution is -2.45. The molecular weight excluding hydrogens is 749 g/mol. The van der Waals surface area contributed by atoms with Gasteiger partial charge in [0.25, 0.3) is 0 Å². The first-order valence-electron chi connectivity index (χ1n) is 21.5. The molecule has 0 spiro atoms. The van der Waals surface area contributed by atoms with Gasteiger partial charge in [0.2, 0.25) is 0 Å². The third-order valence-electron chi connectivity index (χ3n) is 13.9. The number of likely N-dealkylation sites (N-methyl/N-ethyl adjacent to an activating group) is 1. The van der Waals surface area contributed by atoms with Crippen LogP contribution in [-0.4, -0.2) is 28.8 Å². The summed E-state index contributed by atoms with van der Waals surface area (Å²) in [7, 11) is 2.16. The van der Waals surface area contributed by atoms with Crippen molar-refractivity contribution < 1.29 is 0 Å². The monoisotopic (exact) mass is 794 g/mol. The predicted molar refractivity (Wildman–Crippen MR) is 253 cm³/mol. The summed E-state index contributed by atoms with van der Waals surface area (Å²) in [4.78, 5) is 12.4. The Morgan fingerprint density at radius 3 is 2.45 bits per heavy atom. The molecule has 5 aromatic carbocycles. The molecular formula is C55H46N4S. The van der Waals surface area contributed by atoms with Crippen LogP contribution in [0.2, 0.25) is 0 Å². The molecule has 0 bridgehead atoms. The van der Waals surface area contributed by atoms with Crippen molar-refractivity contribution in [3.63, 3.8) is 0 Å². The van der Waals surface area contributed by atoms with E-state index in [1.165, 1.54) is 94.0 Å². The molecule has 3 atom stereocenters.